The summed E-state index contributed by atoms with van der Waals surface area (Å²) < 4.78 is 0. The lowest BCUT2D eigenvalue weighted by Crippen LogP contribution is -2.43. The van der Waals surface area contributed by atoms with Gasteiger partial charge in [0.2, 0.25) is 11.8 Å². The fourth-order valence-electron chi connectivity index (χ4n) is 3.50. The second-order valence-electron chi connectivity index (χ2n) is 5.86. The van der Waals surface area contributed by atoms with Crippen molar-refractivity contribution in [1.82, 2.24) is 14.8 Å². The summed E-state index contributed by atoms with van der Waals surface area (Å²) in [6, 6.07) is 8.00. The lowest BCUT2D eigenvalue weighted by atomic mass is 10.0. The van der Waals surface area contributed by atoms with Crippen molar-refractivity contribution in [3.63, 3.8) is 0 Å². The summed E-state index contributed by atoms with van der Waals surface area (Å²) in [6.45, 7) is 1.54. The molecule has 0 spiro atoms. The van der Waals surface area contributed by atoms with Crippen LogP contribution in [0.15, 0.2) is 24.3 Å². The van der Waals surface area contributed by atoms with Gasteiger partial charge < -0.3 is 4.98 Å². The minimum Gasteiger partial charge on any atom is -0.357 e. The third kappa shape index (κ3) is 1.81. The zero-order valence-corrected chi connectivity index (χ0v) is 11.9. The van der Waals surface area contributed by atoms with E-state index in [-0.39, 0.29) is 17.9 Å². The van der Waals surface area contributed by atoms with Crippen LogP contribution in [0.4, 0.5) is 0 Å². The summed E-state index contributed by atoms with van der Waals surface area (Å²) >= 11 is 0. The molecular formula is C16H17N3O2. The Kier molecular flexibility index (Phi) is 2.65. The molecule has 3 heterocycles. The molecule has 1 aromatic carbocycles. The lowest BCUT2D eigenvalue weighted by molar-refractivity contribution is -0.138. The van der Waals surface area contributed by atoms with Crippen LogP contribution in [0.1, 0.15) is 17.7 Å². The molecule has 0 bridgehead atoms. The Morgan fingerprint density at radius 3 is 2.81 bits per heavy atom. The number of nitrogens with one attached hydrogen (secondary N) is 1. The molecule has 4 rings (SSSR count). The number of hydrogen-bond acceptors (Lipinski definition) is 3. The van der Waals surface area contributed by atoms with Gasteiger partial charge in [-0.25, -0.2) is 0 Å². The minimum atomic E-state index is -0.290. The van der Waals surface area contributed by atoms with Crippen molar-refractivity contribution in [3.05, 3.63) is 35.5 Å². The molecule has 1 atom stereocenters. The van der Waals surface area contributed by atoms with Crippen molar-refractivity contribution in [3.8, 4) is 0 Å². The fraction of sp³-hybridized carbons (Fsp3) is 0.375. The van der Waals surface area contributed by atoms with Crippen LogP contribution >= 0.6 is 0 Å². The zero-order valence-electron chi connectivity index (χ0n) is 11.9. The van der Waals surface area contributed by atoms with Crippen molar-refractivity contribution in [2.45, 2.75) is 25.4 Å². The van der Waals surface area contributed by atoms with Gasteiger partial charge in [0, 0.05) is 36.7 Å². The van der Waals surface area contributed by atoms with Gasteiger partial charge in [0.1, 0.15) is 0 Å². The van der Waals surface area contributed by atoms with Crippen LogP contribution in [0.25, 0.3) is 10.9 Å². The third-order valence-electron chi connectivity index (χ3n) is 4.71. The number of amides is 2. The van der Waals surface area contributed by atoms with E-state index in [9.17, 15) is 9.59 Å². The molecule has 5 nitrogen and oxygen atoms in total. The Balaban J connectivity index is 1.65. The van der Waals surface area contributed by atoms with Gasteiger partial charge in [0.25, 0.3) is 0 Å². The molecule has 0 radical (unpaired) electrons. The molecule has 5 heteroatoms. The average molecular weight is 283 g/mol. The molecule has 2 amide bonds. The van der Waals surface area contributed by atoms with E-state index in [1.165, 1.54) is 21.5 Å². The number of nitrogens with zero attached hydrogens (tertiary/aromatic N) is 2. The first kappa shape index (κ1) is 12.6. The molecule has 21 heavy (non-hydrogen) atoms. The average Bonchev–Trinajstić information content (AvgIpc) is 2.99. The van der Waals surface area contributed by atoms with Gasteiger partial charge in [-0.15, -0.1) is 0 Å². The van der Waals surface area contributed by atoms with E-state index in [1.54, 1.807) is 7.05 Å². The van der Waals surface area contributed by atoms with Gasteiger partial charge in [0.05, 0.1) is 12.5 Å². The number of likely N-dealkylation sites (N-methyl/N-ethyl adjacent to an activating group) is 1. The number of carbonyl (C=O) groups is 2. The summed E-state index contributed by atoms with van der Waals surface area (Å²) in [5.41, 5.74) is 3.68. The normalized spacial score (nSPS) is 23.1. The van der Waals surface area contributed by atoms with Gasteiger partial charge in [-0.05, 0) is 18.1 Å². The molecule has 2 aliphatic rings. The zero-order chi connectivity index (χ0) is 14.6. The molecular weight excluding hydrogens is 266 g/mol. The van der Waals surface area contributed by atoms with Crippen LogP contribution in [0.5, 0.6) is 0 Å². The van der Waals surface area contributed by atoms with Gasteiger partial charge in [-0.2, -0.15) is 0 Å². The predicted octanol–water partition coefficient (Wildman–Crippen LogP) is 1.28. The van der Waals surface area contributed by atoms with Gasteiger partial charge in [0.15, 0.2) is 0 Å². The molecule has 0 unspecified atom stereocenters. The molecule has 108 valence electrons. The van der Waals surface area contributed by atoms with Crippen LogP contribution in [-0.2, 0) is 22.6 Å². The second kappa shape index (κ2) is 4.43. The number of benzene rings is 1. The monoisotopic (exact) mass is 283 g/mol. The first-order valence-electron chi connectivity index (χ1n) is 7.28. The van der Waals surface area contributed by atoms with Crippen molar-refractivity contribution in [2.24, 2.45) is 0 Å². The largest absolute Gasteiger partial charge is 0.357 e. The smallest absolute Gasteiger partial charge is 0.246 e. The number of aromatic nitrogens is 1. The van der Waals surface area contributed by atoms with Crippen LogP contribution in [-0.4, -0.2) is 46.2 Å². The van der Waals surface area contributed by atoms with Gasteiger partial charge in [-0.3, -0.25) is 19.4 Å². The van der Waals surface area contributed by atoms with E-state index < -0.39 is 0 Å². The molecule has 2 aromatic rings. The molecule has 0 saturated carbocycles. The van der Waals surface area contributed by atoms with Crippen molar-refractivity contribution in [1.29, 1.82) is 0 Å². The second-order valence-corrected chi connectivity index (χ2v) is 5.86. The van der Waals surface area contributed by atoms with Gasteiger partial charge >= 0.3 is 0 Å². The predicted molar refractivity (Wildman–Crippen MR) is 78.6 cm³/mol. The van der Waals surface area contributed by atoms with Gasteiger partial charge in [-0.1, -0.05) is 18.2 Å². The van der Waals surface area contributed by atoms with E-state index in [0.29, 0.717) is 13.0 Å². The molecule has 1 fully saturated rings. The number of carbonyl (C=O) groups excluding carboxylic acids is 2. The first-order valence-corrected chi connectivity index (χ1v) is 7.28. The van der Waals surface area contributed by atoms with Crippen LogP contribution in [0.2, 0.25) is 0 Å². The summed E-state index contributed by atoms with van der Waals surface area (Å²) in [6.07, 6.45) is 1.23. The van der Waals surface area contributed by atoms with E-state index in [4.69, 9.17) is 0 Å². The van der Waals surface area contributed by atoms with Crippen LogP contribution in [0, 0.1) is 0 Å². The SMILES string of the molecule is CN1C(=O)C[C@H](N2CCc3c([nH]c4ccccc34)C2)C1=O. The van der Waals surface area contributed by atoms with Crippen LogP contribution in [0.3, 0.4) is 0 Å². The van der Waals surface area contributed by atoms with E-state index in [2.05, 4.69) is 28.1 Å². The third-order valence-corrected chi connectivity index (χ3v) is 4.71. The number of imide groups is 1. The molecule has 0 aliphatic carbocycles. The number of hydrogen-bond donors (Lipinski definition) is 1. The number of H-pyrrole nitrogens is 1. The molecule has 1 saturated heterocycles. The Morgan fingerprint density at radius 2 is 2.05 bits per heavy atom. The van der Waals surface area contributed by atoms with Crippen molar-refractivity contribution in [2.75, 3.05) is 13.6 Å². The van der Waals surface area contributed by atoms with Crippen molar-refractivity contribution < 1.29 is 9.59 Å². The Labute approximate surface area is 122 Å². The fourth-order valence-corrected chi connectivity index (χ4v) is 3.50. The Hall–Kier alpha value is -2.14. The number of para-hydroxylation sites is 1. The highest BCUT2D eigenvalue weighted by molar-refractivity contribution is 6.05. The van der Waals surface area contributed by atoms with Crippen molar-refractivity contribution >= 4 is 22.7 Å². The molecule has 1 N–H and O–H groups in total. The number of aromatic amines is 1. The van der Waals surface area contributed by atoms with Crippen LogP contribution < -0.4 is 0 Å². The highest BCUT2D eigenvalue weighted by Gasteiger charge is 2.40. The summed E-state index contributed by atoms with van der Waals surface area (Å²) in [5, 5.41) is 1.28. The first-order chi connectivity index (χ1) is 10.1. The Morgan fingerprint density at radius 1 is 1.24 bits per heavy atom. The maximum atomic E-state index is 12.2. The Bertz CT molecular complexity index is 749. The number of rotatable bonds is 1. The van der Waals surface area contributed by atoms with E-state index in [0.717, 1.165) is 18.5 Å². The summed E-state index contributed by atoms with van der Waals surface area (Å²) in [4.78, 5) is 30.7. The molecule has 2 aliphatic heterocycles. The molecule has 1 aromatic heterocycles. The van der Waals surface area contributed by atoms with E-state index >= 15 is 0 Å². The quantitative estimate of drug-likeness (QED) is 0.802. The highest BCUT2D eigenvalue weighted by atomic mass is 16.2. The number of likely N-dealkylation sites (tertiary alicyclic amines) is 1. The minimum absolute atomic E-state index is 0.0699. The summed E-state index contributed by atoms with van der Waals surface area (Å²) in [5.74, 6) is -0.146. The lowest BCUT2D eigenvalue weighted by Gasteiger charge is -2.30. The number of fused-ring (bicyclic) bond motifs is 3. The summed E-state index contributed by atoms with van der Waals surface area (Å²) in [7, 11) is 1.57. The highest BCUT2D eigenvalue weighted by Crippen LogP contribution is 2.30. The maximum Gasteiger partial charge on any atom is 0.246 e. The topological polar surface area (TPSA) is 56.4 Å². The van der Waals surface area contributed by atoms with E-state index in [1.807, 2.05) is 6.07 Å². The standard InChI is InChI=1S/C16H17N3O2/c1-18-15(20)8-14(16(18)21)19-7-6-11-10-4-2-3-5-12(10)17-13(11)9-19/h2-5,14,17H,6-9H2,1H3/t14-/m0/s1. The maximum absolute atomic E-state index is 12.2.